The predicted molar refractivity (Wildman–Crippen MR) is 81.7 cm³/mol. The first-order valence-electron chi connectivity index (χ1n) is 7.14. The third-order valence-electron chi connectivity index (χ3n) is 3.93. The van der Waals surface area contributed by atoms with E-state index in [0.717, 1.165) is 11.4 Å². The Morgan fingerprint density at radius 2 is 2.14 bits per heavy atom. The smallest absolute Gasteiger partial charge is 0.143 e. The van der Waals surface area contributed by atoms with Gasteiger partial charge in [-0.05, 0) is 11.1 Å². The summed E-state index contributed by atoms with van der Waals surface area (Å²) < 4.78 is 1.81. The second-order valence-electron chi connectivity index (χ2n) is 5.32. The third-order valence-corrected chi connectivity index (χ3v) is 3.93. The molecular formula is C16H15N5O. The maximum atomic E-state index is 10.3. The lowest BCUT2D eigenvalue weighted by Gasteiger charge is -2.18. The van der Waals surface area contributed by atoms with Crippen molar-refractivity contribution in [2.24, 2.45) is 0 Å². The topological polar surface area (TPSA) is 75.9 Å². The Bertz CT molecular complexity index is 787. The average molecular weight is 293 g/mol. The highest BCUT2D eigenvalue weighted by Gasteiger charge is 2.30. The van der Waals surface area contributed by atoms with Gasteiger partial charge in [0.05, 0.1) is 12.1 Å². The van der Waals surface area contributed by atoms with Gasteiger partial charge in [-0.3, -0.25) is 4.57 Å². The second-order valence-corrected chi connectivity index (χ2v) is 5.32. The molecule has 2 N–H and O–H groups in total. The molecule has 6 nitrogen and oxygen atoms in total. The number of benzene rings is 1. The van der Waals surface area contributed by atoms with Crippen LogP contribution in [0.3, 0.4) is 0 Å². The number of aliphatic hydroxyl groups excluding tert-OH is 1. The zero-order chi connectivity index (χ0) is 14.9. The van der Waals surface area contributed by atoms with E-state index in [1.165, 1.54) is 11.9 Å². The Hall–Kier alpha value is -2.73. The van der Waals surface area contributed by atoms with Gasteiger partial charge >= 0.3 is 0 Å². The molecule has 2 atom stereocenters. The number of hydrogen-bond donors (Lipinski definition) is 2. The lowest BCUT2D eigenvalue weighted by Crippen LogP contribution is -2.21. The first kappa shape index (κ1) is 13.0. The van der Waals surface area contributed by atoms with E-state index in [2.05, 4.69) is 26.3 Å². The van der Waals surface area contributed by atoms with Crippen LogP contribution >= 0.6 is 0 Å². The molecule has 1 aliphatic carbocycles. The first-order valence-corrected chi connectivity index (χ1v) is 7.14. The lowest BCUT2D eigenvalue weighted by atomic mass is 10.1. The summed E-state index contributed by atoms with van der Waals surface area (Å²) in [5.41, 5.74) is 2.30. The number of nitrogens with zero attached hydrogens (tertiary/aromatic N) is 4. The van der Waals surface area contributed by atoms with Crippen LogP contribution in [-0.2, 0) is 6.42 Å². The molecule has 0 saturated heterocycles. The van der Waals surface area contributed by atoms with E-state index in [1.54, 1.807) is 12.5 Å². The zero-order valence-corrected chi connectivity index (χ0v) is 11.8. The molecule has 2 aromatic heterocycles. The summed E-state index contributed by atoms with van der Waals surface area (Å²) in [4.78, 5) is 12.5. The molecule has 22 heavy (non-hydrogen) atoms. The maximum Gasteiger partial charge on any atom is 0.143 e. The molecule has 0 fully saturated rings. The quantitative estimate of drug-likeness (QED) is 0.769. The number of fused-ring (bicyclic) bond motifs is 1. The number of aliphatic hydroxyl groups is 1. The standard InChI is InChI=1S/C16H15N5O/c22-13-7-11-3-1-2-4-12(11)16(13)20-14-8-15(19-9-18-14)21-6-5-17-10-21/h1-6,8-10,13,16,22H,7H2,(H,18,19,20)/t13-,16+/m0/s1. The molecule has 0 bridgehead atoms. The van der Waals surface area contributed by atoms with Crippen LogP contribution < -0.4 is 5.32 Å². The Kier molecular flexibility index (Phi) is 3.08. The van der Waals surface area contributed by atoms with Crippen LogP contribution in [0.4, 0.5) is 5.82 Å². The molecule has 0 saturated carbocycles. The van der Waals surface area contributed by atoms with Gasteiger partial charge in [-0.2, -0.15) is 0 Å². The van der Waals surface area contributed by atoms with Crippen LogP contribution in [0.5, 0.6) is 0 Å². The molecule has 1 aromatic carbocycles. The van der Waals surface area contributed by atoms with E-state index >= 15 is 0 Å². The Morgan fingerprint density at radius 1 is 1.23 bits per heavy atom. The minimum Gasteiger partial charge on any atom is -0.390 e. The van der Waals surface area contributed by atoms with E-state index in [-0.39, 0.29) is 6.04 Å². The highest BCUT2D eigenvalue weighted by molar-refractivity contribution is 5.47. The summed E-state index contributed by atoms with van der Waals surface area (Å²) in [7, 11) is 0. The summed E-state index contributed by atoms with van der Waals surface area (Å²) in [6.45, 7) is 0. The molecule has 0 spiro atoms. The Morgan fingerprint density at radius 3 is 3.00 bits per heavy atom. The van der Waals surface area contributed by atoms with Crippen molar-refractivity contribution in [3.63, 3.8) is 0 Å². The SMILES string of the molecule is O[C@H]1Cc2ccccc2[C@H]1Nc1cc(-n2ccnc2)ncn1. The average Bonchev–Trinajstić information content (AvgIpc) is 3.17. The number of aromatic nitrogens is 4. The number of rotatable bonds is 3. The minimum absolute atomic E-state index is 0.151. The summed E-state index contributed by atoms with van der Waals surface area (Å²) in [5.74, 6) is 1.41. The van der Waals surface area contributed by atoms with Crippen LogP contribution in [-0.4, -0.2) is 30.7 Å². The fourth-order valence-electron chi connectivity index (χ4n) is 2.87. The van der Waals surface area contributed by atoms with Gasteiger partial charge in [-0.25, -0.2) is 15.0 Å². The van der Waals surface area contributed by atoms with Crippen LogP contribution in [0, 0.1) is 0 Å². The van der Waals surface area contributed by atoms with E-state index in [0.29, 0.717) is 12.2 Å². The van der Waals surface area contributed by atoms with Crippen molar-refractivity contribution >= 4 is 5.82 Å². The van der Waals surface area contributed by atoms with Crippen molar-refractivity contribution in [2.45, 2.75) is 18.6 Å². The summed E-state index contributed by atoms with van der Waals surface area (Å²) in [5, 5.41) is 13.6. The minimum atomic E-state index is -0.455. The van der Waals surface area contributed by atoms with E-state index in [9.17, 15) is 5.11 Å². The van der Waals surface area contributed by atoms with Crippen molar-refractivity contribution in [3.8, 4) is 5.82 Å². The maximum absolute atomic E-state index is 10.3. The fourth-order valence-corrected chi connectivity index (χ4v) is 2.87. The first-order chi connectivity index (χ1) is 10.8. The number of imidazole rings is 1. The highest BCUT2D eigenvalue weighted by atomic mass is 16.3. The van der Waals surface area contributed by atoms with E-state index in [1.807, 2.05) is 35.0 Å². The van der Waals surface area contributed by atoms with Gasteiger partial charge in [0.25, 0.3) is 0 Å². The zero-order valence-electron chi connectivity index (χ0n) is 11.8. The van der Waals surface area contributed by atoms with Gasteiger partial charge in [0, 0.05) is 24.9 Å². The van der Waals surface area contributed by atoms with Crippen molar-refractivity contribution in [2.75, 3.05) is 5.32 Å². The van der Waals surface area contributed by atoms with Gasteiger partial charge in [0.1, 0.15) is 24.3 Å². The van der Waals surface area contributed by atoms with Crippen LogP contribution in [0.25, 0.3) is 5.82 Å². The Balaban J connectivity index is 1.63. The van der Waals surface area contributed by atoms with Gasteiger partial charge in [-0.15, -0.1) is 0 Å². The molecule has 1 aliphatic rings. The fraction of sp³-hybridized carbons (Fsp3) is 0.188. The van der Waals surface area contributed by atoms with Crippen molar-refractivity contribution in [3.05, 3.63) is 66.5 Å². The molecule has 4 rings (SSSR count). The molecule has 0 aliphatic heterocycles. The summed E-state index contributed by atoms with van der Waals surface area (Å²) in [6.07, 6.45) is 6.92. The number of nitrogens with one attached hydrogen (secondary N) is 1. The lowest BCUT2D eigenvalue weighted by molar-refractivity contribution is 0.165. The number of anilines is 1. The van der Waals surface area contributed by atoms with E-state index < -0.39 is 6.10 Å². The Labute approximate surface area is 127 Å². The van der Waals surface area contributed by atoms with Gasteiger partial charge in [0.2, 0.25) is 0 Å². The molecular weight excluding hydrogens is 278 g/mol. The third kappa shape index (κ3) is 2.23. The molecule has 110 valence electrons. The number of hydrogen-bond acceptors (Lipinski definition) is 5. The normalized spacial score (nSPS) is 19.9. The monoisotopic (exact) mass is 293 g/mol. The largest absolute Gasteiger partial charge is 0.390 e. The predicted octanol–water partition coefficient (Wildman–Crippen LogP) is 1.73. The van der Waals surface area contributed by atoms with Crippen molar-refractivity contribution in [1.29, 1.82) is 0 Å². The summed E-state index contributed by atoms with van der Waals surface area (Å²) >= 11 is 0. The molecule has 2 heterocycles. The highest BCUT2D eigenvalue weighted by Crippen LogP contribution is 2.33. The molecule has 0 unspecified atom stereocenters. The van der Waals surface area contributed by atoms with Gasteiger partial charge in [-0.1, -0.05) is 24.3 Å². The molecule has 0 amide bonds. The van der Waals surface area contributed by atoms with Crippen molar-refractivity contribution < 1.29 is 5.11 Å². The molecule has 3 aromatic rings. The summed E-state index contributed by atoms with van der Waals surface area (Å²) in [6, 6.07) is 9.77. The van der Waals surface area contributed by atoms with Gasteiger partial charge < -0.3 is 10.4 Å². The molecule has 6 heteroatoms. The van der Waals surface area contributed by atoms with Crippen molar-refractivity contribution in [1.82, 2.24) is 19.5 Å². The van der Waals surface area contributed by atoms with Crippen LogP contribution in [0.2, 0.25) is 0 Å². The van der Waals surface area contributed by atoms with Gasteiger partial charge in [0.15, 0.2) is 0 Å². The van der Waals surface area contributed by atoms with E-state index in [4.69, 9.17) is 0 Å². The molecule has 0 radical (unpaired) electrons. The second kappa shape index (κ2) is 5.23. The van der Waals surface area contributed by atoms with Crippen LogP contribution in [0.15, 0.2) is 55.4 Å². The van der Waals surface area contributed by atoms with Crippen LogP contribution in [0.1, 0.15) is 17.2 Å².